The molecule has 0 saturated heterocycles. The highest BCUT2D eigenvalue weighted by Gasteiger charge is 2.08. The van der Waals surface area contributed by atoms with E-state index in [9.17, 15) is 0 Å². The van der Waals surface area contributed by atoms with Gasteiger partial charge in [0.05, 0.1) is 17.6 Å². The van der Waals surface area contributed by atoms with E-state index in [2.05, 4.69) is 15.1 Å². The first-order chi connectivity index (χ1) is 8.25. The van der Waals surface area contributed by atoms with Crippen molar-refractivity contribution in [3.05, 3.63) is 47.9 Å². The molecule has 17 heavy (non-hydrogen) atoms. The van der Waals surface area contributed by atoms with Gasteiger partial charge in [0.25, 0.3) is 0 Å². The van der Waals surface area contributed by atoms with Gasteiger partial charge in [-0.05, 0) is 13.8 Å². The first-order valence-corrected chi connectivity index (χ1v) is 5.50. The molecule has 0 saturated carbocycles. The van der Waals surface area contributed by atoms with E-state index in [4.69, 9.17) is 0 Å². The lowest BCUT2D eigenvalue weighted by Crippen LogP contribution is -1.98. The molecule has 0 spiro atoms. The lowest BCUT2D eigenvalue weighted by atomic mass is 10.2. The number of benzene rings is 1. The second kappa shape index (κ2) is 3.66. The van der Waals surface area contributed by atoms with Crippen molar-refractivity contribution in [2.75, 3.05) is 0 Å². The van der Waals surface area contributed by atoms with E-state index in [1.807, 2.05) is 48.7 Å². The zero-order chi connectivity index (χ0) is 11.8. The first-order valence-electron chi connectivity index (χ1n) is 5.50. The van der Waals surface area contributed by atoms with Gasteiger partial charge >= 0.3 is 0 Å². The van der Waals surface area contributed by atoms with Gasteiger partial charge in [-0.1, -0.05) is 30.3 Å². The fourth-order valence-corrected chi connectivity index (χ4v) is 1.77. The lowest BCUT2D eigenvalue weighted by Gasteiger charge is -1.99. The van der Waals surface area contributed by atoms with E-state index in [0.717, 1.165) is 28.4 Å². The number of aromatic nitrogens is 4. The summed E-state index contributed by atoms with van der Waals surface area (Å²) in [5.74, 6) is 0.737. The zero-order valence-corrected chi connectivity index (χ0v) is 9.75. The van der Waals surface area contributed by atoms with Crippen LogP contribution >= 0.6 is 0 Å². The van der Waals surface area contributed by atoms with Gasteiger partial charge in [0.1, 0.15) is 0 Å². The Morgan fingerprint density at radius 1 is 1.06 bits per heavy atom. The molecule has 1 aromatic carbocycles. The fourth-order valence-electron chi connectivity index (χ4n) is 1.77. The number of nitrogens with zero attached hydrogens (tertiary/aromatic N) is 4. The Balaban J connectivity index is 2.24. The topological polar surface area (TPSA) is 43.1 Å². The van der Waals surface area contributed by atoms with Crippen LogP contribution in [0.4, 0.5) is 0 Å². The number of hydrogen-bond donors (Lipinski definition) is 0. The highest BCUT2D eigenvalue weighted by molar-refractivity contribution is 5.57. The monoisotopic (exact) mass is 224 g/mol. The van der Waals surface area contributed by atoms with Crippen molar-refractivity contribution < 1.29 is 0 Å². The van der Waals surface area contributed by atoms with E-state index < -0.39 is 0 Å². The van der Waals surface area contributed by atoms with Crippen LogP contribution in [0.1, 0.15) is 11.4 Å². The Morgan fingerprint density at radius 3 is 2.59 bits per heavy atom. The van der Waals surface area contributed by atoms with E-state index in [1.165, 1.54) is 0 Å². The van der Waals surface area contributed by atoms with Crippen molar-refractivity contribution >= 4 is 5.65 Å². The third-order valence-corrected chi connectivity index (χ3v) is 2.88. The normalized spacial score (nSPS) is 10.9. The predicted molar refractivity (Wildman–Crippen MR) is 65.7 cm³/mol. The highest BCUT2D eigenvalue weighted by Crippen LogP contribution is 2.16. The molecular formula is C13H12N4. The van der Waals surface area contributed by atoms with E-state index in [1.54, 1.807) is 6.20 Å². The summed E-state index contributed by atoms with van der Waals surface area (Å²) in [5, 5.41) is 4.51. The Bertz CT molecular complexity index is 670. The molecule has 0 bridgehead atoms. The Hall–Kier alpha value is -2.23. The average Bonchev–Trinajstić information content (AvgIpc) is 2.80. The summed E-state index contributed by atoms with van der Waals surface area (Å²) in [6.45, 7) is 3.97. The quantitative estimate of drug-likeness (QED) is 0.637. The maximum absolute atomic E-state index is 4.51. The second-order valence-corrected chi connectivity index (χ2v) is 4.00. The largest absolute Gasteiger partial charge is 0.256 e. The molecule has 0 aliphatic heterocycles. The number of fused-ring (bicyclic) bond motifs is 1. The van der Waals surface area contributed by atoms with Crippen molar-refractivity contribution in [1.29, 1.82) is 0 Å². The van der Waals surface area contributed by atoms with Gasteiger partial charge in [-0.15, -0.1) is 5.10 Å². The Morgan fingerprint density at radius 2 is 1.82 bits per heavy atom. The molecule has 0 aliphatic rings. The van der Waals surface area contributed by atoms with Crippen molar-refractivity contribution in [1.82, 2.24) is 19.6 Å². The summed E-state index contributed by atoms with van der Waals surface area (Å²) >= 11 is 0. The van der Waals surface area contributed by atoms with Gasteiger partial charge in [0.15, 0.2) is 11.5 Å². The summed E-state index contributed by atoms with van der Waals surface area (Å²) in [5.41, 5.74) is 3.80. The number of rotatable bonds is 1. The molecule has 0 radical (unpaired) electrons. The maximum atomic E-state index is 4.51. The van der Waals surface area contributed by atoms with E-state index in [0.29, 0.717) is 0 Å². The van der Waals surface area contributed by atoms with Crippen molar-refractivity contribution in [3.8, 4) is 11.4 Å². The SMILES string of the molecule is Cc1ncc2nc(-c3ccccc3)nn2c1C. The van der Waals surface area contributed by atoms with Gasteiger partial charge in [0.2, 0.25) is 0 Å². The number of hydrogen-bond acceptors (Lipinski definition) is 3. The van der Waals surface area contributed by atoms with Crippen molar-refractivity contribution in [3.63, 3.8) is 0 Å². The van der Waals surface area contributed by atoms with Crippen molar-refractivity contribution in [2.45, 2.75) is 13.8 Å². The fraction of sp³-hybridized carbons (Fsp3) is 0.154. The average molecular weight is 224 g/mol. The van der Waals surface area contributed by atoms with Crippen LogP contribution in [-0.4, -0.2) is 19.6 Å². The first kappa shape index (κ1) is 9.96. The Labute approximate surface area is 99.0 Å². The van der Waals surface area contributed by atoms with Gasteiger partial charge in [0, 0.05) is 5.56 Å². The van der Waals surface area contributed by atoms with Crippen LogP contribution in [0.2, 0.25) is 0 Å². The molecular weight excluding hydrogens is 212 g/mol. The minimum atomic E-state index is 0.737. The summed E-state index contributed by atoms with van der Waals surface area (Å²) in [7, 11) is 0. The summed E-state index contributed by atoms with van der Waals surface area (Å²) in [4.78, 5) is 8.76. The molecule has 84 valence electrons. The van der Waals surface area contributed by atoms with E-state index in [-0.39, 0.29) is 0 Å². The molecule has 4 nitrogen and oxygen atoms in total. The lowest BCUT2D eigenvalue weighted by molar-refractivity contribution is 0.881. The van der Waals surface area contributed by atoms with Gasteiger partial charge in [-0.3, -0.25) is 4.98 Å². The van der Waals surface area contributed by atoms with Crippen LogP contribution in [0.3, 0.4) is 0 Å². The van der Waals surface area contributed by atoms with Gasteiger partial charge in [-0.2, -0.15) is 0 Å². The van der Waals surface area contributed by atoms with Gasteiger partial charge in [-0.25, -0.2) is 9.50 Å². The Kier molecular flexibility index (Phi) is 2.14. The van der Waals surface area contributed by atoms with Crippen LogP contribution in [0, 0.1) is 13.8 Å². The molecule has 2 heterocycles. The molecule has 0 atom stereocenters. The third-order valence-electron chi connectivity index (χ3n) is 2.88. The molecule has 0 aliphatic carbocycles. The smallest absolute Gasteiger partial charge is 0.182 e. The van der Waals surface area contributed by atoms with Crippen LogP contribution in [0.5, 0.6) is 0 Å². The molecule has 3 aromatic rings. The summed E-state index contributed by atoms with van der Waals surface area (Å²) < 4.78 is 1.84. The predicted octanol–water partition coefficient (Wildman–Crippen LogP) is 2.41. The standard InChI is InChI=1S/C13H12N4/c1-9-10(2)17-12(8-14-9)15-13(16-17)11-6-4-3-5-7-11/h3-8H,1-2H3. The van der Waals surface area contributed by atoms with Gasteiger partial charge < -0.3 is 0 Å². The molecule has 0 unspecified atom stereocenters. The van der Waals surface area contributed by atoms with Crippen LogP contribution < -0.4 is 0 Å². The molecule has 3 rings (SSSR count). The highest BCUT2D eigenvalue weighted by atomic mass is 15.3. The molecule has 2 aromatic heterocycles. The van der Waals surface area contributed by atoms with Crippen LogP contribution in [0.25, 0.3) is 17.0 Å². The van der Waals surface area contributed by atoms with Crippen LogP contribution in [-0.2, 0) is 0 Å². The number of aryl methyl sites for hydroxylation is 2. The van der Waals surface area contributed by atoms with Crippen molar-refractivity contribution in [2.24, 2.45) is 0 Å². The summed E-state index contributed by atoms with van der Waals surface area (Å²) in [6, 6.07) is 9.96. The molecule has 0 N–H and O–H groups in total. The minimum absolute atomic E-state index is 0.737. The minimum Gasteiger partial charge on any atom is -0.256 e. The molecule has 0 fully saturated rings. The third kappa shape index (κ3) is 1.58. The molecule has 0 amide bonds. The summed E-state index contributed by atoms with van der Waals surface area (Å²) in [6.07, 6.45) is 1.75. The van der Waals surface area contributed by atoms with Crippen LogP contribution in [0.15, 0.2) is 36.5 Å². The maximum Gasteiger partial charge on any atom is 0.182 e. The molecule has 4 heteroatoms. The van der Waals surface area contributed by atoms with E-state index >= 15 is 0 Å². The second-order valence-electron chi connectivity index (χ2n) is 4.00. The zero-order valence-electron chi connectivity index (χ0n) is 9.75.